The Morgan fingerprint density at radius 1 is 1.22 bits per heavy atom. The van der Waals surface area contributed by atoms with E-state index in [0.29, 0.717) is 5.92 Å². The SMILES string of the molecule is Nc1cnc(Cc2ccc(Cl)cc2)nc1C1CC1. The summed E-state index contributed by atoms with van der Waals surface area (Å²) in [5.41, 5.74) is 8.80. The zero-order chi connectivity index (χ0) is 12.5. The highest BCUT2D eigenvalue weighted by Gasteiger charge is 2.27. The van der Waals surface area contributed by atoms with Gasteiger partial charge in [-0.05, 0) is 30.5 Å². The number of aromatic nitrogens is 2. The first-order chi connectivity index (χ1) is 8.72. The van der Waals surface area contributed by atoms with Gasteiger partial charge in [0, 0.05) is 17.4 Å². The molecule has 0 saturated heterocycles. The molecule has 0 atom stereocenters. The molecule has 1 aliphatic rings. The van der Waals surface area contributed by atoms with Crippen LogP contribution in [0.3, 0.4) is 0 Å². The maximum atomic E-state index is 5.90. The summed E-state index contributed by atoms with van der Waals surface area (Å²) in [4.78, 5) is 8.88. The Kier molecular flexibility index (Phi) is 2.92. The van der Waals surface area contributed by atoms with Crippen molar-refractivity contribution in [3.8, 4) is 0 Å². The van der Waals surface area contributed by atoms with Gasteiger partial charge in [-0.25, -0.2) is 9.97 Å². The summed E-state index contributed by atoms with van der Waals surface area (Å²) < 4.78 is 0. The number of halogens is 1. The maximum absolute atomic E-state index is 5.90. The molecule has 4 heteroatoms. The molecule has 1 heterocycles. The Morgan fingerprint density at radius 2 is 1.94 bits per heavy atom. The fourth-order valence-corrected chi connectivity index (χ4v) is 2.12. The van der Waals surface area contributed by atoms with Crippen LogP contribution in [-0.2, 0) is 6.42 Å². The van der Waals surface area contributed by atoms with Gasteiger partial charge in [0.15, 0.2) is 0 Å². The number of rotatable bonds is 3. The molecule has 1 fully saturated rings. The van der Waals surface area contributed by atoms with Crippen molar-refractivity contribution in [3.05, 3.63) is 52.6 Å². The normalized spacial score (nSPS) is 14.7. The van der Waals surface area contributed by atoms with Gasteiger partial charge in [-0.15, -0.1) is 0 Å². The molecule has 3 nitrogen and oxygen atoms in total. The van der Waals surface area contributed by atoms with Gasteiger partial charge < -0.3 is 5.73 Å². The fourth-order valence-electron chi connectivity index (χ4n) is 2.00. The van der Waals surface area contributed by atoms with Gasteiger partial charge in [-0.1, -0.05) is 23.7 Å². The molecule has 0 radical (unpaired) electrons. The van der Waals surface area contributed by atoms with E-state index in [4.69, 9.17) is 17.3 Å². The molecule has 1 aromatic heterocycles. The van der Waals surface area contributed by atoms with E-state index in [-0.39, 0.29) is 0 Å². The lowest BCUT2D eigenvalue weighted by molar-refractivity contribution is 0.904. The van der Waals surface area contributed by atoms with Crippen molar-refractivity contribution in [2.45, 2.75) is 25.2 Å². The molecule has 3 rings (SSSR count). The van der Waals surface area contributed by atoms with E-state index >= 15 is 0 Å². The third-order valence-electron chi connectivity index (χ3n) is 3.14. The lowest BCUT2D eigenvalue weighted by Crippen LogP contribution is -2.03. The highest BCUT2D eigenvalue weighted by atomic mass is 35.5. The minimum absolute atomic E-state index is 0.553. The molecule has 1 saturated carbocycles. The van der Waals surface area contributed by atoms with E-state index < -0.39 is 0 Å². The number of nitrogen functional groups attached to an aromatic ring is 1. The summed E-state index contributed by atoms with van der Waals surface area (Å²) in [6.07, 6.45) is 4.84. The predicted octanol–water partition coefficient (Wildman–Crippen LogP) is 3.18. The highest BCUT2D eigenvalue weighted by molar-refractivity contribution is 6.30. The predicted molar refractivity (Wildman–Crippen MR) is 72.7 cm³/mol. The first-order valence-electron chi connectivity index (χ1n) is 6.08. The van der Waals surface area contributed by atoms with Crippen LogP contribution in [0.25, 0.3) is 0 Å². The molecule has 2 N–H and O–H groups in total. The molecule has 0 aliphatic heterocycles. The molecule has 0 bridgehead atoms. The van der Waals surface area contributed by atoms with E-state index in [9.17, 15) is 0 Å². The summed E-state index contributed by atoms with van der Waals surface area (Å²) in [6.45, 7) is 0. The van der Waals surface area contributed by atoms with Crippen LogP contribution in [0.2, 0.25) is 5.02 Å². The second-order valence-corrected chi connectivity index (χ2v) is 5.14. The van der Waals surface area contributed by atoms with Gasteiger partial charge in [0.2, 0.25) is 0 Å². The molecule has 0 amide bonds. The van der Waals surface area contributed by atoms with Crippen molar-refractivity contribution in [2.24, 2.45) is 0 Å². The van der Waals surface area contributed by atoms with E-state index in [1.807, 2.05) is 24.3 Å². The Labute approximate surface area is 111 Å². The molecule has 2 aromatic rings. The van der Waals surface area contributed by atoms with Gasteiger partial charge in [0.05, 0.1) is 17.6 Å². The first-order valence-corrected chi connectivity index (χ1v) is 6.46. The van der Waals surface area contributed by atoms with Gasteiger partial charge in [-0.2, -0.15) is 0 Å². The van der Waals surface area contributed by atoms with Crippen LogP contribution < -0.4 is 5.73 Å². The summed E-state index contributed by atoms with van der Waals surface area (Å²) in [6, 6.07) is 7.77. The summed E-state index contributed by atoms with van der Waals surface area (Å²) >= 11 is 5.86. The van der Waals surface area contributed by atoms with E-state index in [1.165, 1.54) is 12.8 Å². The van der Waals surface area contributed by atoms with Crippen LogP contribution in [0.5, 0.6) is 0 Å². The number of anilines is 1. The molecular formula is C14H14ClN3. The van der Waals surface area contributed by atoms with Crippen LogP contribution in [0, 0.1) is 0 Å². The van der Waals surface area contributed by atoms with Gasteiger partial charge >= 0.3 is 0 Å². The summed E-state index contributed by atoms with van der Waals surface area (Å²) in [5.74, 6) is 1.38. The minimum Gasteiger partial charge on any atom is -0.396 e. The Hall–Kier alpha value is -1.61. The zero-order valence-electron chi connectivity index (χ0n) is 9.94. The topological polar surface area (TPSA) is 51.8 Å². The van der Waals surface area contributed by atoms with Crippen LogP contribution >= 0.6 is 11.6 Å². The standard InChI is InChI=1S/C14H14ClN3/c15-11-5-1-9(2-6-11)7-13-17-8-12(16)14(18-13)10-3-4-10/h1-2,5-6,8,10H,3-4,7,16H2. The maximum Gasteiger partial charge on any atom is 0.133 e. The van der Waals surface area contributed by atoms with Crippen molar-refractivity contribution >= 4 is 17.3 Å². The lowest BCUT2D eigenvalue weighted by Gasteiger charge is -2.06. The number of hydrogen-bond donors (Lipinski definition) is 1. The van der Waals surface area contributed by atoms with Gasteiger partial charge in [0.25, 0.3) is 0 Å². The number of benzene rings is 1. The van der Waals surface area contributed by atoms with Crippen LogP contribution in [0.15, 0.2) is 30.5 Å². The summed E-state index contributed by atoms with van der Waals surface area (Å²) in [7, 11) is 0. The number of nitrogens with zero attached hydrogens (tertiary/aromatic N) is 2. The second-order valence-electron chi connectivity index (χ2n) is 4.70. The molecule has 18 heavy (non-hydrogen) atoms. The van der Waals surface area contributed by atoms with Crippen molar-refractivity contribution in [1.82, 2.24) is 9.97 Å². The smallest absolute Gasteiger partial charge is 0.133 e. The number of nitrogens with two attached hydrogens (primary N) is 1. The lowest BCUT2D eigenvalue weighted by atomic mass is 10.1. The van der Waals surface area contributed by atoms with Crippen LogP contribution in [0.1, 0.15) is 35.8 Å². The average Bonchev–Trinajstić information content (AvgIpc) is 3.19. The van der Waals surface area contributed by atoms with Crippen molar-refractivity contribution < 1.29 is 0 Å². The molecule has 0 spiro atoms. The molecule has 1 aromatic carbocycles. The third kappa shape index (κ3) is 2.46. The average molecular weight is 260 g/mol. The number of hydrogen-bond acceptors (Lipinski definition) is 3. The molecule has 0 unspecified atom stereocenters. The van der Waals surface area contributed by atoms with E-state index in [0.717, 1.165) is 34.2 Å². The fraction of sp³-hybridized carbons (Fsp3) is 0.286. The largest absolute Gasteiger partial charge is 0.396 e. The molecule has 1 aliphatic carbocycles. The van der Waals surface area contributed by atoms with Crippen LogP contribution in [-0.4, -0.2) is 9.97 Å². The van der Waals surface area contributed by atoms with Crippen molar-refractivity contribution in [3.63, 3.8) is 0 Å². The van der Waals surface area contributed by atoms with Crippen molar-refractivity contribution in [1.29, 1.82) is 0 Å². The molecular weight excluding hydrogens is 246 g/mol. The zero-order valence-corrected chi connectivity index (χ0v) is 10.7. The minimum atomic E-state index is 0.553. The first kappa shape index (κ1) is 11.5. The van der Waals surface area contributed by atoms with E-state index in [1.54, 1.807) is 6.20 Å². The second kappa shape index (κ2) is 4.58. The van der Waals surface area contributed by atoms with E-state index in [2.05, 4.69) is 9.97 Å². The Morgan fingerprint density at radius 3 is 2.61 bits per heavy atom. The highest BCUT2D eigenvalue weighted by Crippen LogP contribution is 2.41. The Bertz CT molecular complexity index is 562. The third-order valence-corrected chi connectivity index (χ3v) is 3.39. The van der Waals surface area contributed by atoms with Gasteiger partial charge in [-0.3, -0.25) is 0 Å². The Balaban J connectivity index is 1.84. The van der Waals surface area contributed by atoms with Gasteiger partial charge in [0.1, 0.15) is 5.82 Å². The monoisotopic (exact) mass is 259 g/mol. The molecule has 92 valence electrons. The summed E-state index contributed by atoms with van der Waals surface area (Å²) in [5, 5.41) is 0.746. The van der Waals surface area contributed by atoms with Crippen molar-refractivity contribution in [2.75, 3.05) is 5.73 Å². The van der Waals surface area contributed by atoms with Crippen LogP contribution in [0.4, 0.5) is 5.69 Å². The quantitative estimate of drug-likeness (QED) is 0.921.